The molecule has 0 saturated carbocycles. The van der Waals surface area contributed by atoms with Crippen LogP contribution in [0.15, 0.2) is 36.4 Å². The molecule has 0 aromatic heterocycles. The van der Waals surface area contributed by atoms with Crippen LogP contribution < -0.4 is 9.62 Å². The lowest BCUT2D eigenvalue weighted by atomic mass is 10.1. The molecule has 0 atom stereocenters. The topological polar surface area (TPSA) is 92.8 Å². The van der Waals surface area contributed by atoms with Crippen molar-refractivity contribution in [1.82, 2.24) is 0 Å². The summed E-state index contributed by atoms with van der Waals surface area (Å²) >= 11 is 0. The first-order valence-electron chi connectivity index (χ1n) is 9.16. The van der Waals surface area contributed by atoms with Gasteiger partial charge >= 0.3 is 5.97 Å². The molecule has 0 radical (unpaired) electrons. The molecule has 29 heavy (non-hydrogen) atoms. The lowest BCUT2D eigenvalue weighted by Crippen LogP contribution is -2.38. The summed E-state index contributed by atoms with van der Waals surface area (Å²) in [6.45, 7) is 6.92. The lowest BCUT2D eigenvalue weighted by Gasteiger charge is -2.24. The number of anilines is 2. The van der Waals surface area contributed by atoms with Gasteiger partial charge in [-0.3, -0.25) is 9.10 Å². The molecule has 0 bridgehead atoms. The van der Waals surface area contributed by atoms with Gasteiger partial charge in [-0.05, 0) is 62.6 Å². The van der Waals surface area contributed by atoms with Crippen molar-refractivity contribution in [3.63, 3.8) is 0 Å². The Morgan fingerprint density at radius 3 is 2.41 bits per heavy atom. The maximum atomic E-state index is 12.7. The van der Waals surface area contributed by atoms with Gasteiger partial charge in [-0.1, -0.05) is 18.2 Å². The molecule has 0 unspecified atom stereocenters. The minimum absolute atomic E-state index is 0.244. The van der Waals surface area contributed by atoms with E-state index in [1.165, 1.54) is 0 Å². The minimum atomic E-state index is -3.69. The molecular formula is C21H26N2O5S. The third-order valence-electron chi connectivity index (χ3n) is 4.42. The molecule has 0 aliphatic rings. The van der Waals surface area contributed by atoms with Crippen molar-refractivity contribution in [3.05, 3.63) is 58.7 Å². The Balaban J connectivity index is 2.29. The van der Waals surface area contributed by atoms with Gasteiger partial charge in [0.1, 0.15) is 6.54 Å². The van der Waals surface area contributed by atoms with Gasteiger partial charge < -0.3 is 10.1 Å². The average Bonchev–Trinajstić information content (AvgIpc) is 2.63. The van der Waals surface area contributed by atoms with Crippen molar-refractivity contribution in [2.75, 3.05) is 29.0 Å². The van der Waals surface area contributed by atoms with Gasteiger partial charge in [0.15, 0.2) is 0 Å². The van der Waals surface area contributed by atoms with Crippen LogP contribution in [0.2, 0.25) is 0 Å². The standard InChI is InChI=1S/C21H26N2O5S/c1-6-28-21(25)17-8-7-9-18(16(17)4)22-20(24)13-23(29(5,26)27)19-12-14(2)10-11-15(19)3/h7-12H,6,13H2,1-5H3,(H,22,24). The van der Waals surface area contributed by atoms with E-state index in [2.05, 4.69) is 5.32 Å². The molecule has 0 heterocycles. The number of amides is 1. The summed E-state index contributed by atoms with van der Waals surface area (Å²) in [7, 11) is -3.69. The van der Waals surface area contributed by atoms with E-state index in [1.807, 2.05) is 19.1 Å². The van der Waals surface area contributed by atoms with Crippen LogP contribution in [0.25, 0.3) is 0 Å². The van der Waals surface area contributed by atoms with Gasteiger partial charge in [0.05, 0.1) is 24.1 Å². The molecular weight excluding hydrogens is 392 g/mol. The maximum Gasteiger partial charge on any atom is 0.338 e. The average molecular weight is 419 g/mol. The Bertz CT molecular complexity index is 1030. The Labute approximate surface area is 171 Å². The van der Waals surface area contributed by atoms with Crippen LogP contribution in [0.1, 0.15) is 34.0 Å². The zero-order chi connectivity index (χ0) is 21.8. The molecule has 0 aliphatic carbocycles. The van der Waals surface area contributed by atoms with E-state index >= 15 is 0 Å². The van der Waals surface area contributed by atoms with Crippen LogP contribution in [0.3, 0.4) is 0 Å². The van der Waals surface area contributed by atoms with Gasteiger partial charge in [-0.25, -0.2) is 13.2 Å². The van der Waals surface area contributed by atoms with E-state index < -0.39 is 21.9 Å². The van der Waals surface area contributed by atoms with Gasteiger partial charge in [0, 0.05) is 5.69 Å². The second-order valence-electron chi connectivity index (χ2n) is 6.81. The van der Waals surface area contributed by atoms with Crippen molar-refractivity contribution in [3.8, 4) is 0 Å². The second-order valence-corrected chi connectivity index (χ2v) is 8.71. The number of esters is 1. The number of rotatable bonds is 7. The predicted molar refractivity (Wildman–Crippen MR) is 114 cm³/mol. The largest absolute Gasteiger partial charge is 0.462 e. The third-order valence-corrected chi connectivity index (χ3v) is 5.55. The van der Waals surface area contributed by atoms with Gasteiger partial charge in [0.2, 0.25) is 15.9 Å². The number of nitrogens with one attached hydrogen (secondary N) is 1. The molecule has 156 valence electrons. The number of nitrogens with zero attached hydrogens (tertiary/aromatic N) is 1. The molecule has 1 amide bonds. The zero-order valence-electron chi connectivity index (χ0n) is 17.3. The fraction of sp³-hybridized carbons (Fsp3) is 0.333. The van der Waals surface area contributed by atoms with E-state index in [4.69, 9.17) is 4.74 Å². The molecule has 2 rings (SSSR count). The molecule has 2 aromatic carbocycles. The smallest absolute Gasteiger partial charge is 0.338 e. The number of hydrogen-bond acceptors (Lipinski definition) is 5. The number of aryl methyl sites for hydroxylation is 2. The fourth-order valence-corrected chi connectivity index (χ4v) is 3.80. The summed E-state index contributed by atoms with van der Waals surface area (Å²) < 4.78 is 30.8. The number of benzene rings is 2. The number of hydrogen-bond donors (Lipinski definition) is 1. The third kappa shape index (κ3) is 5.57. The number of sulfonamides is 1. The van der Waals surface area contributed by atoms with Crippen molar-refractivity contribution in [2.45, 2.75) is 27.7 Å². The van der Waals surface area contributed by atoms with Gasteiger partial charge in [-0.2, -0.15) is 0 Å². The van der Waals surface area contributed by atoms with Gasteiger partial charge in [0.25, 0.3) is 0 Å². The highest BCUT2D eigenvalue weighted by atomic mass is 32.2. The molecule has 0 fully saturated rings. The number of carbonyl (C=O) groups is 2. The molecule has 0 saturated heterocycles. The van der Waals surface area contributed by atoms with Crippen molar-refractivity contribution in [2.24, 2.45) is 0 Å². The molecule has 7 nitrogen and oxygen atoms in total. The highest BCUT2D eigenvalue weighted by Crippen LogP contribution is 2.25. The second kappa shape index (κ2) is 9.09. The SMILES string of the molecule is CCOC(=O)c1cccc(NC(=O)CN(c2cc(C)ccc2C)S(C)(=O)=O)c1C. The number of carbonyl (C=O) groups excluding carboxylic acids is 2. The van der Waals surface area contributed by atoms with E-state index in [9.17, 15) is 18.0 Å². The summed E-state index contributed by atoms with van der Waals surface area (Å²) in [4.78, 5) is 24.7. The van der Waals surface area contributed by atoms with Gasteiger partial charge in [-0.15, -0.1) is 0 Å². The van der Waals surface area contributed by atoms with Crippen molar-refractivity contribution in [1.29, 1.82) is 0 Å². The van der Waals surface area contributed by atoms with Crippen LogP contribution in [0.5, 0.6) is 0 Å². The van der Waals surface area contributed by atoms with Crippen LogP contribution >= 0.6 is 0 Å². The predicted octanol–water partition coefficient (Wildman–Crippen LogP) is 3.19. The Morgan fingerprint density at radius 2 is 1.79 bits per heavy atom. The highest BCUT2D eigenvalue weighted by molar-refractivity contribution is 7.92. The number of ether oxygens (including phenoxy) is 1. The first-order chi connectivity index (χ1) is 13.5. The molecule has 8 heteroatoms. The quantitative estimate of drug-likeness (QED) is 0.697. The lowest BCUT2D eigenvalue weighted by molar-refractivity contribution is -0.114. The Hall–Kier alpha value is -2.87. The normalized spacial score (nSPS) is 11.1. The summed E-state index contributed by atoms with van der Waals surface area (Å²) in [6, 6.07) is 10.3. The molecule has 0 spiro atoms. The van der Waals surface area contributed by atoms with E-state index in [1.54, 1.807) is 45.0 Å². The van der Waals surface area contributed by atoms with Crippen molar-refractivity contribution < 1.29 is 22.7 Å². The minimum Gasteiger partial charge on any atom is -0.462 e. The monoisotopic (exact) mass is 418 g/mol. The summed E-state index contributed by atoms with van der Waals surface area (Å²) in [6.07, 6.45) is 1.06. The zero-order valence-corrected chi connectivity index (χ0v) is 18.1. The first kappa shape index (κ1) is 22.4. The van der Waals surface area contributed by atoms with E-state index in [0.29, 0.717) is 22.5 Å². The summed E-state index contributed by atoms with van der Waals surface area (Å²) in [5.74, 6) is -0.991. The van der Waals surface area contributed by atoms with E-state index in [-0.39, 0.29) is 13.2 Å². The Kier molecular flexibility index (Phi) is 7.02. The van der Waals surface area contributed by atoms with Crippen molar-refractivity contribution >= 4 is 33.3 Å². The Morgan fingerprint density at radius 1 is 1.10 bits per heavy atom. The van der Waals surface area contributed by atoms with Crippen LogP contribution in [-0.4, -0.2) is 39.7 Å². The summed E-state index contributed by atoms with van der Waals surface area (Å²) in [5, 5.41) is 2.70. The fourth-order valence-electron chi connectivity index (χ4n) is 2.89. The molecule has 2 aromatic rings. The highest BCUT2D eigenvalue weighted by Gasteiger charge is 2.23. The molecule has 1 N–H and O–H groups in total. The maximum absolute atomic E-state index is 12.7. The first-order valence-corrected chi connectivity index (χ1v) is 11.0. The van der Waals surface area contributed by atoms with E-state index in [0.717, 1.165) is 21.7 Å². The van der Waals surface area contributed by atoms with Crippen LogP contribution in [-0.2, 0) is 19.6 Å². The van der Waals surface area contributed by atoms with Crippen LogP contribution in [0, 0.1) is 20.8 Å². The molecule has 0 aliphatic heterocycles. The summed E-state index contributed by atoms with van der Waals surface area (Å²) in [5.41, 5.74) is 3.41. The van der Waals surface area contributed by atoms with Crippen LogP contribution in [0.4, 0.5) is 11.4 Å².